The maximum Gasteiger partial charge on any atom is 0.310 e. The summed E-state index contributed by atoms with van der Waals surface area (Å²) in [4.78, 5) is 21.4. The van der Waals surface area contributed by atoms with Crippen LogP contribution in [0.25, 0.3) is 32.6 Å². The normalized spacial score (nSPS) is 19.5. The predicted octanol–water partition coefficient (Wildman–Crippen LogP) is 7.04. The molecule has 0 unspecified atom stereocenters. The van der Waals surface area contributed by atoms with Crippen LogP contribution in [0.15, 0.2) is 60.9 Å². The molecular weight excluding hydrogens is 732 g/mol. The summed E-state index contributed by atoms with van der Waals surface area (Å²) in [6, 6.07) is 15.5. The number of carbonyl (C=O) groups excluding carboxylic acids is 1. The number of benzene rings is 4. The molecule has 0 radical (unpaired) electrons. The minimum atomic E-state index is -0.561. The molecule has 3 aliphatic rings. The third kappa shape index (κ3) is 6.49. The van der Waals surface area contributed by atoms with Gasteiger partial charge in [-0.2, -0.15) is 0 Å². The highest BCUT2D eigenvalue weighted by molar-refractivity contribution is 6.16. The topological polar surface area (TPSA) is 149 Å². The molecule has 296 valence electrons. The first-order valence-electron chi connectivity index (χ1n) is 19.1. The monoisotopic (exact) mass is 776 g/mol. The number of phenols is 1. The van der Waals surface area contributed by atoms with Gasteiger partial charge >= 0.3 is 5.97 Å². The lowest BCUT2D eigenvalue weighted by Crippen LogP contribution is -2.36. The Labute approximate surface area is 328 Å². The van der Waals surface area contributed by atoms with E-state index >= 15 is 0 Å². The molecule has 0 bridgehead atoms. The Bertz CT molecular complexity index is 2470. The number of pyridine rings is 1. The van der Waals surface area contributed by atoms with Gasteiger partial charge in [0.2, 0.25) is 12.5 Å². The number of ether oxygens (including phenoxy) is 9. The van der Waals surface area contributed by atoms with E-state index in [1.54, 1.807) is 12.1 Å². The van der Waals surface area contributed by atoms with Gasteiger partial charge in [0.15, 0.2) is 23.0 Å². The number of hydrogen-bond acceptors (Lipinski definition) is 12. The van der Waals surface area contributed by atoms with Gasteiger partial charge < -0.3 is 52.7 Å². The average molecular weight is 777 g/mol. The maximum absolute atomic E-state index is 13.4. The van der Waals surface area contributed by atoms with Crippen molar-refractivity contribution >= 4 is 38.5 Å². The lowest BCUT2D eigenvalue weighted by atomic mass is 9.66. The van der Waals surface area contributed by atoms with Crippen LogP contribution in [0.1, 0.15) is 39.8 Å². The van der Waals surface area contributed by atoms with Gasteiger partial charge in [-0.3, -0.25) is 9.78 Å². The van der Waals surface area contributed by atoms with Gasteiger partial charge in [-0.05, 0) is 95.6 Å². The lowest BCUT2D eigenvalue weighted by molar-refractivity contribution is -0.141. The number of aromatic hydroxyl groups is 1. The summed E-state index contributed by atoms with van der Waals surface area (Å²) in [5.74, 6) is 0.721. The summed E-state index contributed by atoms with van der Waals surface area (Å²) in [5.41, 5.74) is 7.05. The first-order chi connectivity index (χ1) is 27.9. The Morgan fingerprint density at radius 1 is 0.807 bits per heavy atom. The van der Waals surface area contributed by atoms with Crippen LogP contribution in [0.3, 0.4) is 0 Å². The number of fused-ring (bicyclic) bond motifs is 7. The van der Waals surface area contributed by atoms with Crippen LogP contribution in [0.5, 0.6) is 34.5 Å². The Hall–Kier alpha value is -5.76. The number of aryl methyl sites for hydroxylation is 2. The predicted molar refractivity (Wildman–Crippen MR) is 210 cm³/mol. The van der Waals surface area contributed by atoms with Crippen LogP contribution in [0, 0.1) is 25.7 Å². The molecule has 9 rings (SSSR count). The second-order valence-corrected chi connectivity index (χ2v) is 14.5. The summed E-state index contributed by atoms with van der Waals surface area (Å²) in [5, 5.41) is 15.3. The summed E-state index contributed by atoms with van der Waals surface area (Å²) < 4.78 is 52.4. The van der Waals surface area contributed by atoms with Crippen molar-refractivity contribution in [3.63, 3.8) is 0 Å². The summed E-state index contributed by atoms with van der Waals surface area (Å²) in [7, 11) is 2.94. The Balaban J connectivity index is 0.804. The molecule has 4 aromatic carbocycles. The molecule has 0 amide bonds. The fourth-order valence-electron chi connectivity index (χ4n) is 8.81. The average Bonchev–Trinajstić information content (AvgIpc) is 3.96. The van der Waals surface area contributed by atoms with Crippen molar-refractivity contribution in [1.29, 1.82) is 0 Å². The molecule has 0 spiro atoms. The number of H-pyrrole nitrogens is 1. The quantitative estimate of drug-likeness (QED) is 0.0863. The fraction of sp³-hybridized carbons (Fsp3) is 0.364. The van der Waals surface area contributed by atoms with E-state index in [9.17, 15) is 9.90 Å². The molecule has 13 heteroatoms. The van der Waals surface area contributed by atoms with Gasteiger partial charge in [0.25, 0.3) is 0 Å². The molecule has 2 aromatic heterocycles. The second kappa shape index (κ2) is 15.3. The smallest absolute Gasteiger partial charge is 0.310 e. The first kappa shape index (κ1) is 36.9. The number of carbonyl (C=O) groups is 1. The largest absolute Gasteiger partial charge is 0.502 e. The number of aromatic nitrogens is 2. The van der Waals surface area contributed by atoms with E-state index in [0.717, 1.165) is 44.2 Å². The summed E-state index contributed by atoms with van der Waals surface area (Å²) in [6.07, 6.45) is 3.31. The van der Waals surface area contributed by atoms with Gasteiger partial charge in [0, 0.05) is 45.9 Å². The molecule has 4 heterocycles. The lowest BCUT2D eigenvalue weighted by Gasteiger charge is -2.39. The van der Waals surface area contributed by atoms with E-state index in [1.165, 1.54) is 36.1 Å². The highest BCUT2D eigenvalue weighted by Gasteiger charge is 2.53. The number of esters is 1. The number of rotatable bonds is 14. The molecule has 2 aliphatic heterocycles. The van der Waals surface area contributed by atoms with Crippen LogP contribution >= 0.6 is 0 Å². The molecule has 13 nitrogen and oxygen atoms in total. The maximum atomic E-state index is 13.4. The third-order valence-corrected chi connectivity index (χ3v) is 11.5. The number of aromatic amines is 1. The Kier molecular flexibility index (Phi) is 9.89. The van der Waals surface area contributed by atoms with Gasteiger partial charge in [-0.15, -0.1) is 0 Å². The van der Waals surface area contributed by atoms with Crippen molar-refractivity contribution in [2.75, 3.05) is 67.3 Å². The SMILES string of the molecule is COc1cc([C@@H]2c3cc4c(cc3[C@@H](OCCOCCOCCOc3ccc5[nH]c6c(C)c7ccncc7c(C)c6c5c3)[C@H]3COC(=O)[C@H]23)OCO4)cc(OC)c1O. The molecule has 57 heavy (non-hydrogen) atoms. The minimum absolute atomic E-state index is 0.0997. The van der Waals surface area contributed by atoms with E-state index in [0.29, 0.717) is 44.5 Å². The minimum Gasteiger partial charge on any atom is -0.502 e. The van der Waals surface area contributed by atoms with Gasteiger partial charge in [0.05, 0.1) is 71.4 Å². The van der Waals surface area contributed by atoms with Crippen LogP contribution in [0.2, 0.25) is 0 Å². The van der Waals surface area contributed by atoms with Crippen molar-refractivity contribution in [2.45, 2.75) is 25.9 Å². The van der Waals surface area contributed by atoms with Gasteiger partial charge in [-0.1, -0.05) is 0 Å². The van der Waals surface area contributed by atoms with Crippen LogP contribution in [-0.4, -0.2) is 88.3 Å². The van der Waals surface area contributed by atoms with Crippen LogP contribution < -0.4 is 23.7 Å². The van der Waals surface area contributed by atoms with E-state index in [2.05, 4.69) is 42.0 Å². The zero-order chi connectivity index (χ0) is 39.2. The van der Waals surface area contributed by atoms with Crippen LogP contribution in [0.4, 0.5) is 0 Å². The first-order valence-corrected chi connectivity index (χ1v) is 19.1. The molecule has 2 N–H and O–H groups in total. The Morgan fingerprint density at radius 2 is 1.53 bits per heavy atom. The Morgan fingerprint density at radius 3 is 2.28 bits per heavy atom. The third-order valence-electron chi connectivity index (χ3n) is 11.5. The molecule has 1 saturated heterocycles. The molecular formula is C44H44N2O11. The van der Waals surface area contributed by atoms with E-state index < -0.39 is 17.9 Å². The summed E-state index contributed by atoms with van der Waals surface area (Å²) >= 11 is 0. The van der Waals surface area contributed by atoms with Gasteiger partial charge in [0.1, 0.15) is 12.4 Å². The van der Waals surface area contributed by atoms with Crippen molar-refractivity contribution in [3.8, 4) is 34.5 Å². The number of nitrogens with one attached hydrogen (secondary N) is 1. The van der Waals surface area contributed by atoms with E-state index in [1.807, 2.05) is 30.6 Å². The molecule has 1 fully saturated rings. The highest BCUT2D eigenvalue weighted by atomic mass is 16.7. The highest BCUT2D eigenvalue weighted by Crippen LogP contribution is 2.56. The standard InChI is InChI=1S/C44H44N2O11/c1-23-31-20-45-8-7-27(31)24(2)41-38(23)30-17-26(5-6-33(30)46-41)53-13-11-51-9-10-52-12-14-54-43-29-19-35-34(56-22-57-35)18-28(29)39(40-32(43)21-55-44(40)48)25-15-36(49-3)42(47)37(16-25)50-4/h5-8,15-20,32,39-40,43,46-47H,9-14,21-22H2,1-4H3/t32-,39+,40-,43+/m0/s1. The zero-order valence-corrected chi connectivity index (χ0v) is 32.2. The van der Waals surface area contributed by atoms with E-state index in [4.69, 9.17) is 42.6 Å². The molecule has 1 aliphatic carbocycles. The zero-order valence-electron chi connectivity index (χ0n) is 32.2. The number of nitrogens with zero attached hydrogens (tertiary/aromatic N) is 1. The molecule has 6 aromatic rings. The summed E-state index contributed by atoms with van der Waals surface area (Å²) in [6.45, 7) is 6.79. The molecule has 0 saturated carbocycles. The fourth-order valence-corrected chi connectivity index (χ4v) is 8.81. The van der Waals surface area contributed by atoms with Crippen molar-refractivity contribution in [2.24, 2.45) is 11.8 Å². The number of cyclic esters (lactones) is 1. The van der Waals surface area contributed by atoms with Gasteiger partial charge in [-0.25, -0.2) is 0 Å². The van der Waals surface area contributed by atoms with Crippen molar-refractivity contribution in [1.82, 2.24) is 9.97 Å². The second-order valence-electron chi connectivity index (χ2n) is 14.5. The van der Waals surface area contributed by atoms with Crippen molar-refractivity contribution in [3.05, 3.63) is 88.7 Å². The van der Waals surface area contributed by atoms with E-state index in [-0.39, 0.29) is 49.1 Å². The van der Waals surface area contributed by atoms with Crippen LogP contribution in [-0.2, 0) is 23.7 Å². The number of methoxy groups -OCH3 is 2. The number of hydrogen-bond donors (Lipinski definition) is 2. The molecule has 4 atom stereocenters. The number of phenolic OH excluding ortho intramolecular Hbond substituents is 1. The van der Waals surface area contributed by atoms with Crippen molar-refractivity contribution < 1.29 is 52.5 Å².